The quantitative estimate of drug-likeness (QED) is 0.681. The zero-order valence-corrected chi connectivity index (χ0v) is 10.8. The molecule has 20 heavy (non-hydrogen) atoms. The predicted molar refractivity (Wildman–Crippen MR) is 73.0 cm³/mol. The lowest BCUT2D eigenvalue weighted by Gasteiger charge is -1.97. The zero-order chi connectivity index (χ0) is 13.9. The summed E-state index contributed by atoms with van der Waals surface area (Å²) >= 11 is 0. The van der Waals surface area contributed by atoms with Gasteiger partial charge in [-0.05, 0) is 31.2 Å². The number of carbonyl (C=O) groups is 1. The fourth-order valence-corrected chi connectivity index (χ4v) is 1.82. The number of ketones is 1. The molecule has 0 radical (unpaired) electrons. The van der Waals surface area contributed by atoms with Crippen LogP contribution in [0.1, 0.15) is 17.3 Å². The highest BCUT2D eigenvalue weighted by Gasteiger charge is 2.11. The molecule has 0 atom stereocenters. The molecule has 0 spiro atoms. The van der Waals surface area contributed by atoms with Crippen LogP contribution in [-0.4, -0.2) is 20.9 Å². The van der Waals surface area contributed by atoms with Gasteiger partial charge in [-0.2, -0.15) is 4.98 Å². The van der Waals surface area contributed by atoms with Crippen LogP contribution in [0.3, 0.4) is 0 Å². The topological polar surface area (TPSA) is 68.9 Å². The van der Waals surface area contributed by atoms with E-state index in [4.69, 9.17) is 4.52 Å². The maximum absolute atomic E-state index is 11.4. The summed E-state index contributed by atoms with van der Waals surface area (Å²) in [5, 5.41) is 3.93. The molecule has 0 bridgehead atoms. The number of nitrogens with zero attached hydrogens (tertiary/aromatic N) is 3. The Kier molecular flexibility index (Phi) is 3.09. The summed E-state index contributed by atoms with van der Waals surface area (Å²) in [6.07, 6.45) is 3.35. The van der Waals surface area contributed by atoms with Gasteiger partial charge in [0.05, 0.1) is 0 Å². The van der Waals surface area contributed by atoms with E-state index in [1.165, 1.54) is 6.92 Å². The molecule has 3 rings (SSSR count). The summed E-state index contributed by atoms with van der Waals surface area (Å²) in [5.74, 6) is 0.854. The van der Waals surface area contributed by atoms with Gasteiger partial charge in [0.25, 0.3) is 5.89 Å². The third-order valence-corrected chi connectivity index (χ3v) is 2.86. The summed E-state index contributed by atoms with van der Waals surface area (Å²) in [7, 11) is 0. The molecule has 2 heterocycles. The lowest BCUT2D eigenvalue weighted by molar-refractivity contribution is 0.101. The minimum atomic E-state index is -0.00107. The molecule has 5 heteroatoms. The van der Waals surface area contributed by atoms with Gasteiger partial charge in [-0.15, -0.1) is 0 Å². The van der Waals surface area contributed by atoms with Crippen LogP contribution in [0.15, 0.2) is 53.3 Å². The minimum Gasteiger partial charge on any atom is -0.334 e. The normalized spacial score (nSPS) is 10.4. The van der Waals surface area contributed by atoms with Gasteiger partial charge >= 0.3 is 0 Å². The number of benzene rings is 1. The largest absolute Gasteiger partial charge is 0.334 e. The average Bonchev–Trinajstić information content (AvgIpc) is 2.98. The summed E-state index contributed by atoms with van der Waals surface area (Å²) in [6.45, 7) is 1.52. The second-order valence-corrected chi connectivity index (χ2v) is 4.30. The van der Waals surface area contributed by atoms with Gasteiger partial charge in [0, 0.05) is 29.1 Å². The summed E-state index contributed by atoms with van der Waals surface area (Å²) in [4.78, 5) is 19.7. The molecule has 0 saturated carbocycles. The number of hydrogen-bond acceptors (Lipinski definition) is 5. The molecule has 0 unspecified atom stereocenters. The van der Waals surface area contributed by atoms with E-state index in [2.05, 4.69) is 15.1 Å². The Labute approximate surface area is 115 Å². The molecule has 5 nitrogen and oxygen atoms in total. The lowest BCUT2D eigenvalue weighted by atomic mass is 10.1. The Morgan fingerprint density at radius 3 is 2.75 bits per heavy atom. The van der Waals surface area contributed by atoms with E-state index >= 15 is 0 Å². The standard InChI is InChI=1S/C15H11N3O2/c1-10(19)11-4-2-5-12(8-11)15-17-14(18-20-15)13-6-3-7-16-9-13/h2-9H,1H3. The van der Waals surface area contributed by atoms with E-state index in [1.54, 1.807) is 30.6 Å². The maximum Gasteiger partial charge on any atom is 0.258 e. The van der Waals surface area contributed by atoms with Crippen molar-refractivity contribution in [2.45, 2.75) is 6.92 Å². The highest BCUT2D eigenvalue weighted by Crippen LogP contribution is 2.22. The molecular formula is C15H11N3O2. The van der Waals surface area contributed by atoms with Crippen LogP contribution in [0.2, 0.25) is 0 Å². The van der Waals surface area contributed by atoms with Gasteiger partial charge < -0.3 is 4.52 Å². The smallest absolute Gasteiger partial charge is 0.258 e. The molecule has 98 valence electrons. The van der Waals surface area contributed by atoms with Crippen molar-refractivity contribution >= 4 is 5.78 Å². The van der Waals surface area contributed by atoms with Crippen molar-refractivity contribution < 1.29 is 9.32 Å². The minimum absolute atomic E-state index is 0.00107. The van der Waals surface area contributed by atoms with Gasteiger partial charge in [-0.3, -0.25) is 9.78 Å². The molecule has 0 saturated heterocycles. The molecule has 0 aliphatic carbocycles. The first-order valence-corrected chi connectivity index (χ1v) is 6.09. The van der Waals surface area contributed by atoms with Crippen molar-refractivity contribution in [3.63, 3.8) is 0 Å². The Hall–Kier alpha value is -2.82. The van der Waals surface area contributed by atoms with Crippen molar-refractivity contribution in [2.24, 2.45) is 0 Å². The first kappa shape index (κ1) is 12.2. The van der Waals surface area contributed by atoms with Gasteiger partial charge in [-0.1, -0.05) is 17.3 Å². The molecular weight excluding hydrogens is 254 g/mol. The molecule has 2 aromatic heterocycles. The van der Waals surface area contributed by atoms with Crippen molar-refractivity contribution in [1.29, 1.82) is 0 Å². The third-order valence-electron chi connectivity index (χ3n) is 2.86. The maximum atomic E-state index is 11.4. The van der Waals surface area contributed by atoms with E-state index in [-0.39, 0.29) is 5.78 Å². The van der Waals surface area contributed by atoms with Crippen molar-refractivity contribution in [3.05, 3.63) is 54.4 Å². The van der Waals surface area contributed by atoms with Crippen LogP contribution in [0.5, 0.6) is 0 Å². The van der Waals surface area contributed by atoms with Crippen molar-refractivity contribution in [3.8, 4) is 22.8 Å². The van der Waals surface area contributed by atoms with Crippen LogP contribution >= 0.6 is 0 Å². The highest BCUT2D eigenvalue weighted by atomic mass is 16.5. The molecule has 0 N–H and O–H groups in total. The Bertz CT molecular complexity index is 751. The number of aromatic nitrogens is 3. The second-order valence-electron chi connectivity index (χ2n) is 4.30. The fraction of sp³-hybridized carbons (Fsp3) is 0.0667. The summed E-state index contributed by atoms with van der Waals surface area (Å²) < 4.78 is 5.24. The SMILES string of the molecule is CC(=O)c1cccc(-c2nc(-c3cccnc3)no2)c1. The third kappa shape index (κ3) is 2.33. The molecule has 1 aromatic carbocycles. The summed E-state index contributed by atoms with van der Waals surface area (Å²) in [5.41, 5.74) is 2.12. The van der Waals surface area contributed by atoms with Crippen molar-refractivity contribution in [1.82, 2.24) is 15.1 Å². The number of Topliss-reactive ketones (excluding diaryl/α,β-unsaturated/α-hetero) is 1. The van der Waals surface area contributed by atoms with Gasteiger partial charge in [-0.25, -0.2) is 0 Å². The molecule has 3 aromatic rings. The predicted octanol–water partition coefficient (Wildman–Crippen LogP) is 3.00. The highest BCUT2D eigenvalue weighted by molar-refractivity contribution is 5.95. The van der Waals surface area contributed by atoms with Gasteiger partial charge in [0.1, 0.15) is 0 Å². The van der Waals surface area contributed by atoms with E-state index in [0.29, 0.717) is 17.3 Å². The second kappa shape index (κ2) is 5.05. The average molecular weight is 265 g/mol. The lowest BCUT2D eigenvalue weighted by Crippen LogP contribution is -1.91. The number of rotatable bonds is 3. The molecule has 0 aliphatic rings. The number of hydrogen-bond donors (Lipinski definition) is 0. The van der Waals surface area contributed by atoms with Crippen molar-refractivity contribution in [2.75, 3.05) is 0 Å². The van der Waals surface area contributed by atoms with Gasteiger partial charge in [0.15, 0.2) is 5.78 Å². The fourth-order valence-electron chi connectivity index (χ4n) is 1.82. The van der Waals surface area contributed by atoms with Crippen LogP contribution in [0.4, 0.5) is 0 Å². The van der Waals surface area contributed by atoms with Crippen LogP contribution in [0.25, 0.3) is 22.8 Å². The van der Waals surface area contributed by atoms with Crippen LogP contribution in [-0.2, 0) is 0 Å². The first-order chi connectivity index (χ1) is 9.74. The Morgan fingerprint density at radius 2 is 2.00 bits per heavy atom. The summed E-state index contributed by atoms with van der Waals surface area (Å²) in [6, 6.07) is 10.8. The van der Waals surface area contributed by atoms with Crippen LogP contribution in [0, 0.1) is 0 Å². The number of pyridine rings is 1. The Balaban J connectivity index is 1.98. The van der Waals surface area contributed by atoms with E-state index in [9.17, 15) is 4.79 Å². The molecule has 0 aliphatic heterocycles. The molecule has 0 amide bonds. The van der Waals surface area contributed by atoms with E-state index in [0.717, 1.165) is 11.1 Å². The van der Waals surface area contributed by atoms with E-state index in [1.807, 2.05) is 18.2 Å². The first-order valence-electron chi connectivity index (χ1n) is 6.09. The monoisotopic (exact) mass is 265 g/mol. The zero-order valence-electron chi connectivity index (χ0n) is 10.8. The Morgan fingerprint density at radius 1 is 1.15 bits per heavy atom. The number of carbonyl (C=O) groups excluding carboxylic acids is 1. The molecule has 0 fully saturated rings. The van der Waals surface area contributed by atoms with E-state index < -0.39 is 0 Å². The van der Waals surface area contributed by atoms with Crippen LogP contribution < -0.4 is 0 Å². The van der Waals surface area contributed by atoms with Gasteiger partial charge in [0.2, 0.25) is 5.82 Å².